The first kappa shape index (κ1) is 20.3. The summed E-state index contributed by atoms with van der Waals surface area (Å²) in [6.45, 7) is 3.95. The summed E-state index contributed by atoms with van der Waals surface area (Å²) < 4.78 is 37.4. The minimum absolute atomic E-state index is 0.137. The Hall–Kier alpha value is -2.00. The van der Waals surface area contributed by atoms with Gasteiger partial charge in [-0.2, -0.15) is 4.31 Å². The standard InChI is InChI=1S/C17H27N3O5S/c1-4-5-8-18-17(21)19-9-11-20(12-10-19)26(22,23)14-6-7-15(24-2)16(13-14)25-3/h6-7,13H,4-5,8-12H2,1-3H3,(H,18,21). The second-order valence-electron chi connectivity index (χ2n) is 5.99. The number of amides is 2. The number of urea groups is 1. The summed E-state index contributed by atoms with van der Waals surface area (Å²) in [4.78, 5) is 13.9. The minimum atomic E-state index is -3.65. The van der Waals surface area contributed by atoms with Crippen LogP contribution in [0.15, 0.2) is 23.1 Å². The number of sulfonamides is 1. The van der Waals surface area contributed by atoms with Crippen LogP contribution in [0.5, 0.6) is 11.5 Å². The summed E-state index contributed by atoms with van der Waals surface area (Å²) in [6.07, 6.45) is 1.94. The molecule has 0 radical (unpaired) electrons. The number of methoxy groups -OCH3 is 2. The molecule has 1 fully saturated rings. The molecule has 146 valence electrons. The highest BCUT2D eigenvalue weighted by Crippen LogP contribution is 2.30. The Kier molecular flexibility index (Phi) is 7.10. The van der Waals surface area contributed by atoms with E-state index in [9.17, 15) is 13.2 Å². The average molecular weight is 385 g/mol. The Balaban J connectivity index is 2.02. The molecule has 1 aromatic carbocycles. The van der Waals surface area contributed by atoms with Gasteiger partial charge in [-0.25, -0.2) is 13.2 Å². The van der Waals surface area contributed by atoms with Crippen molar-refractivity contribution in [2.45, 2.75) is 24.7 Å². The number of hydrogen-bond donors (Lipinski definition) is 1. The van der Waals surface area contributed by atoms with Crippen LogP contribution >= 0.6 is 0 Å². The first-order valence-electron chi connectivity index (χ1n) is 8.69. The molecule has 0 atom stereocenters. The Morgan fingerprint density at radius 1 is 1.12 bits per heavy atom. The van der Waals surface area contributed by atoms with Crippen molar-refractivity contribution < 1.29 is 22.7 Å². The van der Waals surface area contributed by atoms with Gasteiger partial charge in [0, 0.05) is 38.8 Å². The van der Waals surface area contributed by atoms with Gasteiger partial charge in [0.05, 0.1) is 19.1 Å². The maximum atomic E-state index is 12.9. The van der Waals surface area contributed by atoms with Gasteiger partial charge in [-0.1, -0.05) is 13.3 Å². The second kappa shape index (κ2) is 9.09. The van der Waals surface area contributed by atoms with Gasteiger partial charge in [0.25, 0.3) is 0 Å². The van der Waals surface area contributed by atoms with Crippen molar-refractivity contribution in [3.63, 3.8) is 0 Å². The maximum Gasteiger partial charge on any atom is 0.317 e. The van der Waals surface area contributed by atoms with Crippen LogP contribution in [0, 0.1) is 0 Å². The third kappa shape index (κ3) is 4.59. The zero-order valence-electron chi connectivity index (χ0n) is 15.5. The molecule has 26 heavy (non-hydrogen) atoms. The third-order valence-electron chi connectivity index (χ3n) is 4.33. The quantitative estimate of drug-likeness (QED) is 0.719. The molecule has 0 aliphatic carbocycles. The molecule has 0 spiro atoms. The molecule has 2 rings (SSSR count). The summed E-state index contributed by atoms with van der Waals surface area (Å²) in [5.74, 6) is 0.836. The first-order chi connectivity index (χ1) is 12.4. The molecule has 0 aromatic heterocycles. The molecule has 1 aliphatic heterocycles. The normalized spacial score (nSPS) is 15.6. The van der Waals surface area contributed by atoms with Crippen LogP contribution < -0.4 is 14.8 Å². The van der Waals surface area contributed by atoms with Crippen molar-refractivity contribution in [1.82, 2.24) is 14.5 Å². The third-order valence-corrected chi connectivity index (χ3v) is 6.22. The van der Waals surface area contributed by atoms with Crippen LogP contribution in [-0.2, 0) is 10.0 Å². The zero-order chi connectivity index (χ0) is 19.2. The molecule has 1 aromatic rings. The number of benzene rings is 1. The monoisotopic (exact) mass is 385 g/mol. The summed E-state index contributed by atoms with van der Waals surface area (Å²) >= 11 is 0. The van der Waals surface area contributed by atoms with Crippen molar-refractivity contribution in [3.05, 3.63) is 18.2 Å². The fourth-order valence-corrected chi connectivity index (χ4v) is 4.18. The van der Waals surface area contributed by atoms with E-state index < -0.39 is 10.0 Å². The van der Waals surface area contributed by atoms with Crippen LogP contribution in [0.25, 0.3) is 0 Å². The lowest BCUT2D eigenvalue weighted by atomic mass is 10.3. The lowest BCUT2D eigenvalue weighted by Crippen LogP contribution is -2.53. The molecule has 0 unspecified atom stereocenters. The Bertz CT molecular complexity index is 715. The summed E-state index contributed by atoms with van der Waals surface area (Å²) in [5.41, 5.74) is 0. The molecule has 1 saturated heterocycles. The lowest BCUT2D eigenvalue weighted by molar-refractivity contribution is 0.172. The highest BCUT2D eigenvalue weighted by molar-refractivity contribution is 7.89. The van der Waals surface area contributed by atoms with E-state index in [2.05, 4.69) is 12.2 Å². The SMILES string of the molecule is CCCCNC(=O)N1CCN(S(=O)(=O)c2ccc(OC)c(OC)c2)CC1. The first-order valence-corrected chi connectivity index (χ1v) is 10.1. The van der Waals surface area contributed by atoms with Crippen LogP contribution in [0.2, 0.25) is 0 Å². The van der Waals surface area contributed by atoms with Gasteiger partial charge < -0.3 is 19.7 Å². The fraction of sp³-hybridized carbons (Fsp3) is 0.588. The van der Waals surface area contributed by atoms with E-state index in [0.717, 1.165) is 12.8 Å². The van der Waals surface area contributed by atoms with Crippen LogP contribution in [0.3, 0.4) is 0 Å². The summed E-state index contributed by atoms with van der Waals surface area (Å²) in [5, 5.41) is 2.85. The number of rotatable bonds is 7. The van der Waals surface area contributed by atoms with Gasteiger partial charge in [-0.15, -0.1) is 0 Å². The molecule has 1 aliphatic rings. The van der Waals surface area contributed by atoms with E-state index >= 15 is 0 Å². The molecule has 9 heteroatoms. The minimum Gasteiger partial charge on any atom is -0.493 e. The van der Waals surface area contributed by atoms with Gasteiger partial charge in [-0.3, -0.25) is 0 Å². The topological polar surface area (TPSA) is 88.2 Å². The largest absolute Gasteiger partial charge is 0.493 e. The number of piperazine rings is 1. The smallest absolute Gasteiger partial charge is 0.317 e. The average Bonchev–Trinajstić information content (AvgIpc) is 2.67. The molecule has 1 N–H and O–H groups in total. The van der Waals surface area contributed by atoms with Gasteiger partial charge in [-0.05, 0) is 18.6 Å². The van der Waals surface area contributed by atoms with Crippen molar-refractivity contribution in [3.8, 4) is 11.5 Å². The number of ether oxygens (including phenoxy) is 2. The maximum absolute atomic E-state index is 12.9. The highest BCUT2D eigenvalue weighted by atomic mass is 32.2. The lowest BCUT2D eigenvalue weighted by Gasteiger charge is -2.34. The molecular formula is C17H27N3O5S. The number of nitrogens with one attached hydrogen (secondary N) is 1. The predicted molar refractivity (Wildman–Crippen MR) is 98.2 cm³/mol. The number of carbonyl (C=O) groups excluding carboxylic acids is 1. The Morgan fingerprint density at radius 3 is 2.35 bits per heavy atom. The molecule has 2 amide bonds. The van der Waals surface area contributed by atoms with Crippen LogP contribution in [0.1, 0.15) is 19.8 Å². The van der Waals surface area contributed by atoms with Crippen molar-refractivity contribution in [1.29, 1.82) is 0 Å². The van der Waals surface area contributed by atoms with Gasteiger partial charge >= 0.3 is 6.03 Å². The van der Waals surface area contributed by atoms with E-state index in [4.69, 9.17) is 9.47 Å². The van der Waals surface area contributed by atoms with Crippen molar-refractivity contribution in [2.75, 3.05) is 46.9 Å². The molecule has 8 nitrogen and oxygen atoms in total. The van der Waals surface area contributed by atoms with E-state index in [1.54, 1.807) is 11.0 Å². The summed E-state index contributed by atoms with van der Waals surface area (Å²) in [7, 11) is -0.691. The van der Waals surface area contributed by atoms with Crippen molar-refractivity contribution in [2.24, 2.45) is 0 Å². The van der Waals surface area contributed by atoms with E-state index in [-0.39, 0.29) is 24.0 Å². The zero-order valence-corrected chi connectivity index (χ0v) is 16.3. The number of hydrogen-bond acceptors (Lipinski definition) is 5. The fourth-order valence-electron chi connectivity index (χ4n) is 2.74. The highest BCUT2D eigenvalue weighted by Gasteiger charge is 2.30. The van der Waals surface area contributed by atoms with E-state index in [1.165, 1.54) is 30.7 Å². The van der Waals surface area contributed by atoms with Crippen molar-refractivity contribution >= 4 is 16.1 Å². The molecule has 1 heterocycles. The summed E-state index contributed by atoms with van der Waals surface area (Å²) in [6, 6.07) is 4.39. The Morgan fingerprint density at radius 2 is 1.77 bits per heavy atom. The molecule has 0 bridgehead atoms. The van der Waals surface area contributed by atoms with Gasteiger partial charge in [0.1, 0.15) is 0 Å². The van der Waals surface area contributed by atoms with Crippen LogP contribution in [0.4, 0.5) is 4.79 Å². The predicted octanol–water partition coefficient (Wildman–Crippen LogP) is 1.52. The molecular weight excluding hydrogens is 358 g/mol. The van der Waals surface area contributed by atoms with Crippen LogP contribution in [-0.4, -0.2) is 70.6 Å². The van der Waals surface area contributed by atoms with E-state index in [0.29, 0.717) is 31.1 Å². The number of unbranched alkanes of at least 4 members (excludes halogenated alkanes) is 1. The second-order valence-corrected chi connectivity index (χ2v) is 7.93. The number of nitrogens with zero attached hydrogens (tertiary/aromatic N) is 2. The van der Waals surface area contributed by atoms with E-state index in [1.807, 2.05) is 0 Å². The molecule has 0 saturated carbocycles. The van der Waals surface area contributed by atoms with Gasteiger partial charge in [0.2, 0.25) is 10.0 Å². The number of carbonyl (C=O) groups is 1. The van der Waals surface area contributed by atoms with Gasteiger partial charge in [0.15, 0.2) is 11.5 Å². The Labute approximate surface area is 155 Å².